The van der Waals surface area contributed by atoms with Crippen LogP contribution in [-0.2, 0) is 24.3 Å². The average molecular weight is 462 g/mol. The minimum Gasteiger partial charge on any atom is -0.455 e. The van der Waals surface area contributed by atoms with Crippen LogP contribution in [0.5, 0.6) is 0 Å². The molecule has 0 bridgehead atoms. The maximum Gasteiger partial charge on any atom is 0.309 e. The molecule has 0 saturated carbocycles. The molecule has 0 aliphatic carbocycles. The number of nitrogens with zero attached hydrogens (tertiary/aromatic N) is 3. The quantitative estimate of drug-likeness (QED) is 0.372. The number of piperidine rings is 1. The Morgan fingerprint density at radius 3 is 2.59 bits per heavy atom. The predicted octanol–water partition coefficient (Wildman–Crippen LogP) is 1.88. The van der Waals surface area contributed by atoms with E-state index in [0.717, 1.165) is 0 Å². The van der Waals surface area contributed by atoms with Gasteiger partial charge < -0.3 is 10.1 Å². The van der Waals surface area contributed by atoms with E-state index in [4.69, 9.17) is 4.74 Å². The van der Waals surface area contributed by atoms with Gasteiger partial charge in [0.25, 0.3) is 11.6 Å². The standard InChI is InChI=1S/C20H22N4O7S/c1-14-17(5-2-6-18(14)24(27)28)22-19(25)13-31-20(26)15-7-10-23(11-8-15)32(29,30)16-4-3-9-21-12-16/h2-6,9,12,15H,7-8,10-11,13H2,1H3,(H,22,25). The zero-order chi connectivity index (χ0) is 23.3. The maximum atomic E-state index is 12.6. The summed E-state index contributed by atoms with van der Waals surface area (Å²) in [6.45, 7) is 1.26. The third-order valence-electron chi connectivity index (χ3n) is 5.18. The van der Waals surface area contributed by atoms with Gasteiger partial charge in [-0.1, -0.05) is 6.07 Å². The molecule has 1 aliphatic rings. The molecule has 1 saturated heterocycles. The van der Waals surface area contributed by atoms with Crippen LogP contribution in [0.4, 0.5) is 11.4 Å². The molecule has 1 aliphatic heterocycles. The number of amides is 1. The molecular weight excluding hydrogens is 440 g/mol. The number of nitrogens with one attached hydrogen (secondary N) is 1. The van der Waals surface area contributed by atoms with Crippen molar-refractivity contribution in [2.45, 2.75) is 24.7 Å². The number of hydrogen-bond donors (Lipinski definition) is 1. The Labute approximate surface area is 184 Å². The van der Waals surface area contributed by atoms with Gasteiger partial charge in [0.15, 0.2) is 6.61 Å². The first-order valence-electron chi connectivity index (χ1n) is 9.81. The minimum atomic E-state index is -3.68. The van der Waals surface area contributed by atoms with E-state index in [9.17, 15) is 28.1 Å². The molecule has 1 aromatic carbocycles. The number of nitro benzene ring substituents is 1. The number of esters is 1. The van der Waals surface area contributed by atoms with E-state index in [1.807, 2.05) is 0 Å². The van der Waals surface area contributed by atoms with Crippen LogP contribution in [0.2, 0.25) is 0 Å². The molecule has 3 rings (SSSR count). The predicted molar refractivity (Wildman–Crippen MR) is 113 cm³/mol. The van der Waals surface area contributed by atoms with Gasteiger partial charge in [-0.3, -0.25) is 24.7 Å². The van der Waals surface area contributed by atoms with E-state index in [-0.39, 0.29) is 42.2 Å². The summed E-state index contributed by atoms with van der Waals surface area (Å²) in [6.07, 6.45) is 3.29. The van der Waals surface area contributed by atoms with Gasteiger partial charge in [0.05, 0.1) is 22.1 Å². The molecule has 2 aromatic rings. The lowest BCUT2D eigenvalue weighted by Crippen LogP contribution is -2.41. The summed E-state index contributed by atoms with van der Waals surface area (Å²) in [6, 6.07) is 7.29. The number of benzene rings is 1. The number of carbonyl (C=O) groups excluding carboxylic acids is 2. The molecule has 0 unspecified atom stereocenters. The van der Waals surface area contributed by atoms with E-state index in [2.05, 4.69) is 10.3 Å². The molecule has 12 heteroatoms. The van der Waals surface area contributed by atoms with Crippen molar-refractivity contribution in [3.05, 3.63) is 58.4 Å². The van der Waals surface area contributed by atoms with Crippen LogP contribution in [0.25, 0.3) is 0 Å². The summed E-state index contributed by atoms with van der Waals surface area (Å²) in [4.78, 5) is 38.8. The molecule has 11 nitrogen and oxygen atoms in total. The maximum absolute atomic E-state index is 12.6. The molecule has 1 N–H and O–H groups in total. The van der Waals surface area contributed by atoms with Gasteiger partial charge in [-0.2, -0.15) is 4.31 Å². The molecule has 0 radical (unpaired) electrons. The van der Waals surface area contributed by atoms with Gasteiger partial charge in [-0.15, -0.1) is 0 Å². The SMILES string of the molecule is Cc1c(NC(=O)COC(=O)C2CCN(S(=O)(=O)c3cccnc3)CC2)cccc1[N+](=O)[O-]. The lowest BCUT2D eigenvalue weighted by molar-refractivity contribution is -0.385. The second-order valence-corrected chi connectivity index (χ2v) is 9.17. The van der Waals surface area contributed by atoms with Gasteiger partial charge in [0, 0.05) is 31.5 Å². The first-order chi connectivity index (χ1) is 15.2. The van der Waals surface area contributed by atoms with E-state index >= 15 is 0 Å². The Balaban J connectivity index is 1.50. The largest absolute Gasteiger partial charge is 0.455 e. The highest BCUT2D eigenvalue weighted by molar-refractivity contribution is 7.89. The highest BCUT2D eigenvalue weighted by atomic mass is 32.2. The van der Waals surface area contributed by atoms with Gasteiger partial charge in [0.1, 0.15) is 4.90 Å². The van der Waals surface area contributed by atoms with E-state index in [1.165, 1.54) is 54.0 Å². The number of sulfonamides is 1. The van der Waals surface area contributed by atoms with Crippen molar-refractivity contribution in [2.24, 2.45) is 5.92 Å². The number of aromatic nitrogens is 1. The lowest BCUT2D eigenvalue weighted by Gasteiger charge is -2.29. The van der Waals surface area contributed by atoms with Crippen LogP contribution in [0.1, 0.15) is 18.4 Å². The van der Waals surface area contributed by atoms with E-state index < -0.39 is 39.3 Å². The first kappa shape index (κ1) is 23.3. The third-order valence-corrected chi connectivity index (χ3v) is 7.06. The van der Waals surface area contributed by atoms with Crippen LogP contribution < -0.4 is 5.32 Å². The number of nitro groups is 1. The number of ether oxygens (including phenoxy) is 1. The second-order valence-electron chi connectivity index (χ2n) is 7.23. The first-order valence-corrected chi connectivity index (χ1v) is 11.2. The highest BCUT2D eigenvalue weighted by Gasteiger charge is 2.33. The zero-order valence-electron chi connectivity index (χ0n) is 17.3. The van der Waals surface area contributed by atoms with Gasteiger partial charge in [0.2, 0.25) is 10.0 Å². The number of anilines is 1. The fourth-order valence-corrected chi connectivity index (χ4v) is 4.81. The Kier molecular flexibility index (Phi) is 7.15. The Morgan fingerprint density at radius 1 is 1.25 bits per heavy atom. The fourth-order valence-electron chi connectivity index (χ4n) is 3.38. The van der Waals surface area contributed by atoms with Crippen molar-refractivity contribution >= 4 is 33.3 Å². The Hall–Kier alpha value is -3.38. The molecule has 1 amide bonds. The molecule has 32 heavy (non-hydrogen) atoms. The van der Waals surface area contributed by atoms with Crippen LogP contribution in [-0.4, -0.2) is 54.2 Å². The molecule has 2 heterocycles. The molecule has 170 valence electrons. The van der Waals surface area contributed by atoms with Crippen LogP contribution in [0.3, 0.4) is 0 Å². The van der Waals surface area contributed by atoms with Crippen LogP contribution in [0, 0.1) is 23.0 Å². The van der Waals surface area contributed by atoms with Crippen molar-refractivity contribution in [3.63, 3.8) is 0 Å². The van der Waals surface area contributed by atoms with Gasteiger partial charge in [-0.25, -0.2) is 8.42 Å². The summed E-state index contributed by atoms with van der Waals surface area (Å²) < 4.78 is 31.6. The van der Waals surface area contributed by atoms with Crippen LogP contribution >= 0.6 is 0 Å². The van der Waals surface area contributed by atoms with Crippen LogP contribution in [0.15, 0.2) is 47.6 Å². The molecule has 1 fully saturated rings. The third kappa shape index (κ3) is 5.26. The molecule has 1 aromatic heterocycles. The number of hydrogen-bond acceptors (Lipinski definition) is 8. The van der Waals surface area contributed by atoms with E-state index in [1.54, 1.807) is 0 Å². The number of pyridine rings is 1. The summed E-state index contributed by atoms with van der Waals surface area (Å²) >= 11 is 0. The molecule has 0 spiro atoms. The smallest absolute Gasteiger partial charge is 0.309 e. The van der Waals surface area contributed by atoms with Crippen molar-refractivity contribution in [1.29, 1.82) is 0 Å². The average Bonchev–Trinajstić information content (AvgIpc) is 2.79. The summed E-state index contributed by atoms with van der Waals surface area (Å²) in [5, 5.41) is 13.5. The molecular formula is C20H22N4O7S. The van der Waals surface area contributed by atoms with Crippen molar-refractivity contribution in [3.8, 4) is 0 Å². The highest BCUT2D eigenvalue weighted by Crippen LogP contribution is 2.26. The number of carbonyl (C=O) groups is 2. The summed E-state index contributed by atoms with van der Waals surface area (Å²) in [5.41, 5.74) is 0.418. The lowest BCUT2D eigenvalue weighted by atomic mass is 9.98. The van der Waals surface area contributed by atoms with E-state index in [0.29, 0.717) is 5.56 Å². The topological polar surface area (TPSA) is 149 Å². The fraction of sp³-hybridized carbons (Fsp3) is 0.350. The Bertz CT molecular complexity index is 1110. The van der Waals surface area contributed by atoms with Crippen molar-refractivity contribution < 1.29 is 27.7 Å². The minimum absolute atomic E-state index is 0.0918. The monoisotopic (exact) mass is 462 g/mol. The number of rotatable bonds is 7. The summed E-state index contributed by atoms with van der Waals surface area (Å²) in [5.74, 6) is -1.74. The second kappa shape index (κ2) is 9.83. The molecule has 0 atom stereocenters. The normalized spacial score (nSPS) is 15.2. The Morgan fingerprint density at radius 2 is 1.97 bits per heavy atom. The van der Waals surface area contributed by atoms with Crippen molar-refractivity contribution in [1.82, 2.24) is 9.29 Å². The summed E-state index contributed by atoms with van der Waals surface area (Å²) in [7, 11) is -3.68. The van der Waals surface area contributed by atoms with Crippen molar-refractivity contribution in [2.75, 3.05) is 25.0 Å². The van der Waals surface area contributed by atoms with Gasteiger partial charge >= 0.3 is 5.97 Å². The zero-order valence-corrected chi connectivity index (χ0v) is 18.1. The van der Waals surface area contributed by atoms with Gasteiger partial charge in [-0.05, 0) is 38.0 Å².